The van der Waals surface area contributed by atoms with E-state index in [9.17, 15) is 5.11 Å². The first-order valence-corrected chi connectivity index (χ1v) is 5.60. The lowest BCUT2D eigenvalue weighted by molar-refractivity contribution is -0.00558. The summed E-state index contributed by atoms with van der Waals surface area (Å²) in [6.07, 6.45) is 0. The highest BCUT2D eigenvalue weighted by Crippen LogP contribution is 2.21. The predicted octanol–water partition coefficient (Wildman–Crippen LogP) is 1.37. The van der Waals surface area contributed by atoms with Crippen LogP contribution in [0.4, 0.5) is 0 Å². The normalized spacial score (nSPS) is 13.2. The van der Waals surface area contributed by atoms with Crippen molar-refractivity contribution in [2.24, 2.45) is 7.05 Å². The van der Waals surface area contributed by atoms with Crippen LogP contribution in [0.25, 0.3) is 0 Å². The SMILES string of the molecule is Cc1cc(CNC(C)(C)C(C)(C)O)n(C)n1. The number of aromatic nitrogens is 2. The molecule has 92 valence electrons. The Kier molecular flexibility index (Phi) is 3.45. The largest absolute Gasteiger partial charge is 0.389 e. The van der Waals surface area contributed by atoms with Crippen molar-refractivity contribution in [2.75, 3.05) is 0 Å². The lowest BCUT2D eigenvalue weighted by Crippen LogP contribution is -2.55. The van der Waals surface area contributed by atoms with Crippen LogP contribution in [0.1, 0.15) is 39.1 Å². The van der Waals surface area contributed by atoms with E-state index in [-0.39, 0.29) is 5.54 Å². The van der Waals surface area contributed by atoms with Gasteiger partial charge < -0.3 is 10.4 Å². The highest BCUT2D eigenvalue weighted by atomic mass is 16.3. The fraction of sp³-hybridized carbons (Fsp3) is 0.750. The number of hydrogen-bond donors (Lipinski definition) is 2. The Morgan fingerprint density at radius 1 is 1.38 bits per heavy atom. The van der Waals surface area contributed by atoms with Gasteiger partial charge in [-0.2, -0.15) is 5.10 Å². The van der Waals surface area contributed by atoms with Crippen molar-refractivity contribution < 1.29 is 5.11 Å². The summed E-state index contributed by atoms with van der Waals surface area (Å²) in [5.41, 5.74) is 1.03. The van der Waals surface area contributed by atoms with Gasteiger partial charge in [-0.05, 0) is 40.7 Å². The molecular formula is C12H23N3O. The fourth-order valence-corrected chi connectivity index (χ4v) is 1.36. The van der Waals surface area contributed by atoms with Gasteiger partial charge in [0.25, 0.3) is 0 Å². The topological polar surface area (TPSA) is 50.1 Å². The van der Waals surface area contributed by atoms with Crippen molar-refractivity contribution in [3.05, 3.63) is 17.5 Å². The molecule has 1 rings (SSSR count). The smallest absolute Gasteiger partial charge is 0.0767 e. The molecule has 0 fully saturated rings. The van der Waals surface area contributed by atoms with Gasteiger partial charge in [-0.15, -0.1) is 0 Å². The molecule has 0 aliphatic heterocycles. The molecule has 4 nitrogen and oxygen atoms in total. The Hall–Kier alpha value is -0.870. The Balaban J connectivity index is 2.68. The standard InChI is InChI=1S/C12H23N3O/c1-9-7-10(15(6)14-9)8-13-11(2,3)12(4,5)16/h7,13,16H,8H2,1-6H3. The molecule has 0 saturated heterocycles. The molecule has 0 aliphatic rings. The maximum atomic E-state index is 10.0. The maximum absolute atomic E-state index is 10.0. The Labute approximate surface area is 97.7 Å². The molecule has 0 aliphatic carbocycles. The van der Waals surface area contributed by atoms with Crippen molar-refractivity contribution >= 4 is 0 Å². The summed E-state index contributed by atoms with van der Waals surface area (Å²) < 4.78 is 1.86. The van der Waals surface area contributed by atoms with Crippen molar-refractivity contribution in [1.82, 2.24) is 15.1 Å². The van der Waals surface area contributed by atoms with E-state index in [1.165, 1.54) is 0 Å². The van der Waals surface area contributed by atoms with E-state index in [1.54, 1.807) is 0 Å². The molecule has 0 radical (unpaired) electrons. The molecule has 4 heteroatoms. The number of nitrogens with zero attached hydrogens (tertiary/aromatic N) is 2. The molecule has 0 spiro atoms. The summed E-state index contributed by atoms with van der Waals surface area (Å²) in [6.45, 7) is 10.3. The molecule has 0 unspecified atom stereocenters. The Morgan fingerprint density at radius 2 is 1.94 bits per heavy atom. The van der Waals surface area contributed by atoms with E-state index in [0.717, 1.165) is 11.4 Å². The molecule has 2 N–H and O–H groups in total. The molecule has 0 saturated carbocycles. The average molecular weight is 225 g/mol. The second-order valence-corrected chi connectivity index (χ2v) is 5.44. The van der Waals surface area contributed by atoms with Crippen LogP contribution in [0.2, 0.25) is 0 Å². The third kappa shape index (κ3) is 2.83. The van der Waals surface area contributed by atoms with Gasteiger partial charge >= 0.3 is 0 Å². The van der Waals surface area contributed by atoms with Gasteiger partial charge in [0.2, 0.25) is 0 Å². The van der Waals surface area contributed by atoms with Crippen molar-refractivity contribution in [3.63, 3.8) is 0 Å². The molecule has 0 bridgehead atoms. The van der Waals surface area contributed by atoms with Crippen LogP contribution in [0, 0.1) is 6.92 Å². The Morgan fingerprint density at radius 3 is 2.31 bits per heavy atom. The van der Waals surface area contributed by atoms with Crippen molar-refractivity contribution in [2.45, 2.75) is 52.3 Å². The summed E-state index contributed by atoms with van der Waals surface area (Å²) in [4.78, 5) is 0. The van der Waals surface area contributed by atoms with Crippen molar-refractivity contribution in [3.8, 4) is 0 Å². The lowest BCUT2D eigenvalue weighted by Gasteiger charge is -2.38. The van der Waals surface area contributed by atoms with Gasteiger partial charge in [0.15, 0.2) is 0 Å². The molecule has 0 amide bonds. The van der Waals surface area contributed by atoms with Gasteiger partial charge in [0.1, 0.15) is 0 Å². The molecule has 0 aromatic carbocycles. The number of aryl methyl sites for hydroxylation is 2. The zero-order valence-corrected chi connectivity index (χ0v) is 11.1. The molecule has 0 atom stereocenters. The number of hydrogen-bond acceptors (Lipinski definition) is 3. The van der Waals surface area contributed by atoms with Crippen LogP contribution < -0.4 is 5.32 Å². The zero-order chi connectivity index (χ0) is 12.6. The maximum Gasteiger partial charge on any atom is 0.0767 e. The average Bonchev–Trinajstić information content (AvgIpc) is 2.39. The number of rotatable bonds is 4. The summed E-state index contributed by atoms with van der Waals surface area (Å²) in [5, 5.41) is 17.7. The van der Waals surface area contributed by atoms with E-state index < -0.39 is 5.60 Å². The van der Waals surface area contributed by atoms with Crippen LogP contribution in [0.3, 0.4) is 0 Å². The lowest BCUT2D eigenvalue weighted by atomic mass is 9.86. The van der Waals surface area contributed by atoms with Gasteiger partial charge in [0, 0.05) is 19.1 Å². The number of aliphatic hydroxyl groups is 1. The zero-order valence-electron chi connectivity index (χ0n) is 11.1. The van der Waals surface area contributed by atoms with Crippen LogP contribution in [0.5, 0.6) is 0 Å². The summed E-state index contributed by atoms with van der Waals surface area (Å²) in [6, 6.07) is 2.05. The third-order valence-electron chi connectivity index (χ3n) is 3.34. The quantitative estimate of drug-likeness (QED) is 0.813. The van der Waals surface area contributed by atoms with Gasteiger partial charge in [0.05, 0.1) is 17.0 Å². The minimum absolute atomic E-state index is 0.342. The second kappa shape index (κ2) is 4.18. The summed E-state index contributed by atoms with van der Waals surface area (Å²) in [7, 11) is 1.93. The predicted molar refractivity (Wildman–Crippen MR) is 65.2 cm³/mol. The minimum Gasteiger partial charge on any atom is -0.389 e. The monoisotopic (exact) mass is 225 g/mol. The number of nitrogens with one attached hydrogen (secondary N) is 1. The first-order chi connectivity index (χ1) is 7.13. The van der Waals surface area contributed by atoms with E-state index in [2.05, 4.69) is 10.4 Å². The second-order valence-electron chi connectivity index (χ2n) is 5.44. The van der Waals surface area contributed by atoms with E-state index >= 15 is 0 Å². The molecular weight excluding hydrogens is 202 g/mol. The van der Waals surface area contributed by atoms with Crippen LogP contribution in [0.15, 0.2) is 6.07 Å². The van der Waals surface area contributed by atoms with E-state index in [1.807, 2.05) is 52.4 Å². The van der Waals surface area contributed by atoms with E-state index in [0.29, 0.717) is 6.54 Å². The van der Waals surface area contributed by atoms with Gasteiger partial charge in [-0.1, -0.05) is 0 Å². The third-order valence-corrected chi connectivity index (χ3v) is 3.34. The first kappa shape index (κ1) is 13.2. The minimum atomic E-state index is -0.763. The fourth-order valence-electron chi connectivity index (χ4n) is 1.36. The molecule has 16 heavy (non-hydrogen) atoms. The summed E-state index contributed by atoms with van der Waals surface area (Å²) in [5.74, 6) is 0. The highest BCUT2D eigenvalue weighted by Gasteiger charge is 2.34. The molecule has 1 heterocycles. The molecule has 1 aromatic heterocycles. The van der Waals surface area contributed by atoms with Gasteiger partial charge in [-0.25, -0.2) is 0 Å². The first-order valence-electron chi connectivity index (χ1n) is 5.60. The summed E-state index contributed by atoms with van der Waals surface area (Å²) >= 11 is 0. The Bertz CT molecular complexity index is 361. The van der Waals surface area contributed by atoms with E-state index in [4.69, 9.17) is 0 Å². The highest BCUT2D eigenvalue weighted by molar-refractivity contribution is 5.09. The van der Waals surface area contributed by atoms with Crippen LogP contribution >= 0.6 is 0 Å². The van der Waals surface area contributed by atoms with Crippen LogP contribution in [-0.4, -0.2) is 26.0 Å². The van der Waals surface area contributed by atoms with Crippen molar-refractivity contribution in [1.29, 1.82) is 0 Å². The van der Waals surface area contributed by atoms with Crippen LogP contribution in [-0.2, 0) is 13.6 Å². The molecule has 1 aromatic rings. The van der Waals surface area contributed by atoms with Gasteiger partial charge in [-0.3, -0.25) is 4.68 Å².